The fourth-order valence-corrected chi connectivity index (χ4v) is 2.67. The van der Waals surface area contributed by atoms with Crippen LogP contribution in [0.15, 0.2) is 24.3 Å². The first kappa shape index (κ1) is 17.9. The Morgan fingerprint density at radius 3 is 2.86 bits per heavy atom. The molecular formula is C16H24ClFN2O. The topological polar surface area (TPSA) is 32.3 Å². The predicted molar refractivity (Wildman–Crippen MR) is 85.2 cm³/mol. The molecule has 1 heterocycles. The van der Waals surface area contributed by atoms with E-state index in [2.05, 4.69) is 12.2 Å². The van der Waals surface area contributed by atoms with Gasteiger partial charge in [0.1, 0.15) is 5.82 Å². The van der Waals surface area contributed by atoms with Gasteiger partial charge < -0.3 is 10.2 Å². The molecule has 1 aromatic rings. The van der Waals surface area contributed by atoms with Crippen molar-refractivity contribution in [3.8, 4) is 0 Å². The SMILES string of the molecule is CCCN(CCc1cccc(F)c1)C(=O)C1CCCN1.Cl. The van der Waals surface area contributed by atoms with Gasteiger partial charge in [0.25, 0.3) is 0 Å². The van der Waals surface area contributed by atoms with Gasteiger partial charge >= 0.3 is 0 Å². The molecule has 5 heteroatoms. The van der Waals surface area contributed by atoms with Gasteiger partial charge in [0.05, 0.1) is 6.04 Å². The molecule has 1 saturated heterocycles. The molecule has 1 amide bonds. The Labute approximate surface area is 132 Å². The Hall–Kier alpha value is -1.13. The van der Waals surface area contributed by atoms with Gasteiger partial charge in [0.2, 0.25) is 5.91 Å². The van der Waals surface area contributed by atoms with E-state index in [9.17, 15) is 9.18 Å². The van der Waals surface area contributed by atoms with Crippen LogP contribution in [0.5, 0.6) is 0 Å². The highest BCUT2D eigenvalue weighted by Crippen LogP contribution is 2.11. The molecule has 0 spiro atoms. The summed E-state index contributed by atoms with van der Waals surface area (Å²) in [6.07, 6.45) is 3.65. The zero-order valence-corrected chi connectivity index (χ0v) is 13.3. The lowest BCUT2D eigenvalue weighted by Crippen LogP contribution is -2.44. The van der Waals surface area contributed by atoms with Gasteiger partial charge in [-0.15, -0.1) is 12.4 Å². The molecule has 1 N–H and O–H groups in total. The quantitative estimate of drug-likeness (QED) is 0.875. The van der Waals surface area contributed by atoms with Crippen molar-refractivity contribution in [2.24, 2.45) is 0 Å². The minimum absolute atomic E-state index is 0. The van der Waals surface area contributed by atoms with Gasteiger partial charge in [-0.2, -0.15) is 0 Å². The molecule has 0 aromatic heterocycles. The highest BCUT2D eigenvalue weighted by atomic mass is 35.5. The second-order valence-corrected chi connectivity index (χ2v) is 5.35. The molecule has 118 valence electrons. The fraction of sp³-hybridized carbons (Fsp3) is 0.562. The summed E-state index contributed by atoms with van der Waals surface area (Å²) < 4.78 is 13.2. The Kier molecular flexibility index (Phi) is 7.68. The monoisotopic (exact) mass is 314 g/mol. The first-order valence-corrected chi connectivity index (χ1v) is 7.47. The van der Waals surface area contributed by atoms with Crippen molar-refractivity contribution in [1.82, 2.24) is 10.2 Å². The van der Waals surface area contributed by atoms with E-state index < -0.39 is 0 Å². The van der Waals surface area contributed by atoms with Crippen LogP contribution >= 0.6 is 12.4 Å². The number of halogens is 2. The standard InChI is InChI=1S/C16H23FN2O.ClH/c1-2-10-19(16(20)15-7-4-9-18-15)11-8-13-5-3-6-14(17)12-13;/h3,5-6,12,15,18H,2,4,7-11H2,1H3;1H. The minimum Gasteiger partial charge on any atom is -0.341 e. The summed E-state index contributed by atoms with van der Waals surface area (Å²) in [5.41, 5.74) is 0.943. The Morgan fingerprint density at radius 2 is 2.24 bits per heavy atom. The first-order valence-electron chi connectivity index (χ1n) is 7.47. The molecule has 0 saturated carbocycles. The molecule has 1 aliphatic heterocycles. The molecule has 3 nitrogen and oxygen atoms in total. The van der Waals surface area contributed by atoms with Crippen molar-refractivity contribution >= 4 is 18.3 Å². The van der Waals surface area contributed by atoms with Crippen LogP contribution in [-0.4, -0.2) is 36.5 Å². The molecule has 0 radical (unpaired) electrons. The molecule has 2 rings (SSSR count). The van der Waals surface area contributed by atoms with Crippen LogP contribution in [0.25, 0.3) is 0 Å². The van der Waals surface area contributed by atoms with Crippen molar-refractivity contribution in [2.45, 2.75) is 38.6 Å². The van der Waals surface area contributed by atoms with E-state index >= 15 is 0 Å². The maximum atomic E-state index is 13.2. The number of amides is 1. The maximum absolute atomic E-state index is 13.2. The zero-order valence-electron chi connectivity index (χ0n) is 12.5. The molecule has 1 atom stereocenters. The van der Waals surface area contributed by atoms with Crippen molar-refractivity contribution < 1.29 is 9.18 Å². The summed E-state index contributed by atoms with van der Waals surface area (Å²) in [5.74, 6) is -0.0194. The van der Waals surface area contributed by atoms with Crippen LogP contribution in [0.2, 0.25) is 0 Å². The average molecular weight is 315 g/mol. The number of carbonyl (C=O) groups is 1. The van der Waals surface area contributed by atoms with E-state index in [4.69, 9.17) is 0 Å². The number of nitrogens with zero attached hydrogens (tertiary/aromatic N) is 1. The molecule has 1 fully saturated rings. The van der Waals surface area contributed by atoms with Crippen molar-refractivity contribution in [2.75, 3.05) is 19.6 Å². The van der Waals surface area contributed by atoms with Crippen molar-refractivity contribution in [3.05, 3.63) is 35.6 Å². The van der Waals surface area contributed by atoms with Crippen LogP contribution in [-0.2, 0) is 11.2 Å². The highest BCUT2D eigenvalue weighted by Gasteiger charge is 2.26. The van der Waals surface area contributed by atoms with Gasteiger partial charge in [-0.05, 0) is 49.9 Å². The van der Waals surface area contributed by atoms with Crippen LogP contribution in [0.1, 0.15) is 31.7 Å². The zero-order chi connectivity index (χ0) is 14.4. The number of rotatable bonds is 6. The molecule has 1 aliphatic rings. The number of hydrogen-bond donors (Lipinski definition) is 1. The normalized spacial score (nSPS) is 17.3. The van der Waals surface area contributed by atoms with Crippen molar-refractivity contribution in [3.63, 3.8) is 0 Å². The fourth-order valence-electron chi connectivity index (χ4n) is 2.67. The molecular weight excluding hydrogens is 291 g/mol. The third-order valence-corrected chi connectivity index (χ3v) is 3.72. The summed E-state index contributed by atoms with van der Waals surface area (Å²) in [4.78, 5) is 14.3. The van der Waals surface area contributed by atoms with Crippen LogP contribution in [0.4, 0.5) is 4.39 Å². The van der Waals surface area contributed by atoms with Crippen LogP contribution in [0, 0.1) is 5.82 Å². The van der Waals surface area contributed by atoms with Crippen LogP contribution in [0.3, 0.4) is 0 Å². The number of nitrogens with one attached hydrogen (secondary N) is 1. The van der Waals surface area contributed by atoms with E-state index in [1.54, 1.807) is 12.1 Å². The lowest BCUT2D eigenvalue weighted by molar-refractivity contribution is -0.133. The smallest absolute Gasteiger partial charge is 0.239 e. The molecule has 1 aromatic carbocycles. The van der Waals surface area contributed by atoms with Gasteiger partial charge in [0, 0.05) is 13.1 Å². The van der Waals surface area contributed by atoms with Gasteiger partial charge in [-0.1, -0.05) is 19.1 Å². The first-order chi connectivity index (χ1) is 9.70. The maximum Gasteiger partial charge on any atom is 0.239 e. The summed E-state index contributed by atoms with van der Waals surface area (Å²) in [5, 5.41) is 3.25. The van der Waals surface area contributed by atoms with Gasteiger partial charge in [-0.3, -0.25) is 4.79 Å². The molecule has 0 aliphatic carbocycles. The summed E-state index contributed by atoms with van der Waals surface area (Å²) in [7, 11) is 0. The second-order valence-electron chi connectivity index (χ2n) is 5.35. The Morgan fingerprint density at radius 1 is 1.43 bits per heavy atom. The summed E-state index contributed by atoms with van der Waals surface area (Å²) in [6.45, 7) is 4.44. The van der Waals surface area contributed by atoms with E-state index in [0.29, 0.717) is 13.0 Å². The second kappa shape index (κ2) is 9.00. The van der Waals surface area contributed by atoms with E-state index in [0.717, 1.165) is 37.9 Å². The predicted octanol–water partition coefficient (Wildman–Crippen LogP) is 2.78. The average Bonchev–Trinajstić information content (AvgIpc) is 2.97. The van der Waals surface area contributed by atoms with E-state index in [1.807, 2.05) is 11.0 Å². The molecule has 1 unspecified atom stereocenters. The number of carbonyl (C=O) groups excluding carboxylic acids is 1. The summed E-state index contributed by atoms with van der Waals surface area (Å²) >= 11 is 0. The van der Waals surface area contributed by atoms with Gasteiger partial charge in [0.15, 0.2) is 0 Å². The van der Waals surface area contributed by atoms with E-state index in [-0.39, 0.29) is 30.2 Å². The third-order valence-electron chi connectivity index (χ3n) is 3.72. The lowest BCUT2D eigenvalue weighted by atomic mass is 10.1. The molecule has 0 bridgehead atoms. The highest BCUT2D eigenvalue weighted by molar-refractivity contribution is 5.85. The number of benzene rings is 1. The lowest BCUT2D eigenvalue weighted by Gasteiger charge is -2.25. The Bertz CT molecular complexity index is 450. The minimum atomic E-state index is -0.215. The third kappa shape index (κ3) is 5.29. The Balaban J connectivity index is 0.00000220. The summed E-state index contributed by atoms with van der Waals surface area (Å²) in [6, 6.07) is 6.60. The number of hydrogen-bond acceptors (Lipinski definition) is 2. The molecule has 21 heavy (non-hydrogen) atoms. The van der Waals surface area contributed by atoms with E-state index in [1.165, 1.54) is 6.07 Å². The van der Waals surface area contributed by atoms with Crippen molar-refractivity contribution in [1.29, 1.82) is 0 Å². The van der Waals surface area contributed by atoms with Crippen LogP contribution < -0.4 is 5.32 Å². The van der Waals surface area contributed by atoms with Gasteiger partial charge in [-0.25, -0.2) is 4.39 Å². The largest absolute Gasteiger partial charge is 0.341 e.